The third kappa shape index (κ3) is 5.57. The number of nitrogens with two attached hydrogens (primary N) is 1. The smallest absolute Gasteiger partial charge is 0.239 e. The third-order valence-electron chi connectivity index (χ3n) is 2.20. The van der Waals surface area contributed by atoms with Crippen molar-refractivity contribution >= 4 is 5.91 Å². The predicted molar refractivity (Wildman–Crippen MR) is 64.5 cm³/mol. The number of hydrogen-bond donors (Lipinski definition) is 1. The van der Waals surface area contributed by atoms with Crippen molar-refractivity contribution in [2.45, 2.75) is 40.2 Å². The van der Waals surface area contributed by atoms with E-state index in [1.165, 1.54) is 0 Å². The summed E-state index contributed by atoms with van der Waals surface area (Å²) in [6.45, 7) is 13.1. The average molecular weight is 212 g/mol. The first-order valence-corrected chi connectivity index (χ1v) is 5.57. The maximum atomic E-state index is 11.9. The van der Waals surface area contributed by atoms with Crippen LogP contribution in [0.5, 0.6) is 0 Å². The predicted octanol–water partition coefficient (Wildman–Crippen LogP) is 1.78. The fraction of sp³-hybridized carbons (Fsp3) is 0.750. The molecule has 0 spiro atoms. The Labute approximate surface area is 93.3 Å². The van der Waals surface area contributed by atoms with Gasteiger partial charge >= 0.3 is 0 Å². The minimum atomic E-state index is -0.371. The largest absolute Gasteiger partial charge is 0.338 e. The maximum absolute atomic E-state index is 11.9. The van der Waals surface area contributed by atoms with Crippen LogP contribution in [0.15, 0.2) is 12.2 Å². The van der Waals surface area contributed by atoms with Crippen molar-refractivity contribution in [1.29, 1.82) is 0 Å². The lowest BCUT2D eigenvalue weighted by Gasteiger charge is -2.25. The van der Waals surface area contributed by atoms with Crippen molar-refractivity contribution in [3.63, 3.8) is 0 Å². The Morgan fingerprint density at radius 3 is 2.33 bits per heavy atom. The second-order valence-corrected chi connectivity index (χ2v) is 4.55. The lowest BCUT2D eigenvalue weighted by atomic mass is 10.0. The summed E-state index contributed by atoms with van der Waals surface area (Å²) < 4.78 is 0. The normalized spacial score (nSPS) is 12.7. The van der Waals surface area contributed by atoms with Gasteiger partial charge in [-0.15, -0.1) is 0 Å². The number of likely N-dealkylation sites (N-methyl/N-ethyl adjacent to an activating group) is 1. The molecule has 0 aliphatic carbocycles. The number of carbonyl (C=O) groups excluding carboxylic acids is 1. The number of carbonyl (C=O) groups is 1. The molecular formula is C12H24N2O. The summed E-state index contributed by atoms with van der Waals surface area (Å²) in [7, 11) is 0. The highest BCUT2D eigenvalue weighted by Crippen LogP contribution is 2.07. The van der Waals surface area contributed by atoms with E-state index in [1.54, 1.807) is 4.90 Å². The molecule has 0 saturated carbocycles. The molecule has 0 aliphatic heterocycles. The molecule has 0 aromatic heterocycles. The van der Waals surface area contributed by atoms with E-state index in [4.69, 9.17) is 5.73 Å². The zero-order chi connectivity index (χ0) is 12.0. The summed E-state index contributed by atoms with van der Waals surface area (Å²) in [4.78, 5) is 13.7. The molecule has 0 bridgehead atoms. The summed E-state index contributed by atoms with van der Waals surface area (Å²) >= 11 is 0. The molecule has 15 heavy (non-hydrogen) atoms. The van der Waals surface area contributed by atoms with Crippen LogP contribution in [0.4, 0.5) is 0 Å². The number of hydrogen-bond acceptors (Lipinski definition) is 2. The standard InChI is InChI=1S/C12H24N2O/c1-6-14(8-10(4)5)12(15)11(13)7-9(2)3/h9,11H,4,6-8,13H2,1-3,5H3. The average Bonchev–Trinajstić information content (AvgIpc) is 2.11. The molecule has 88 valence electrons. The second kappa shape index (κ2) is 6.62. The molecule has 1 atom stereocenters. The molecule has 2 N–H and O–H groups in total. The van der Waals surface area contributed by atoms with Gasteiger partial charge in [0.25, 0.3) is 0 Å². The van der Waals surface area contributed by atoms with E-state index in [0.717, 1.165) is 12.0 Å². The summed E-state index contributed by atoms with van der Waals surface area (Å²) in [5.41, 5.74) is 6.84. The molecule has 1 amide bonds. The van der Waals surface area contributed by atoms with E-state index in [-0.39, 0.29) is 11.9 Å². The van der Waals surface area contributed by atoms with Crippen LogP contribution in [0.2, 0.25) is 0 Å². The van der Waals surface area contributed by atoms with Crippen molar-refractivity contribution in [3.05, 3.63) is 12.2 Å². The second-order valence-electron chi connectivity index (χ2n) is 4.55. The van der Waals surface area contributed by atoms with Crippen molar-refractivity contribution < 1.29 is 4.79 Å². The van der Waals surface area contributed by atoms with Crippen molar-refractivity contribution in [2.75, 3.05) is 13.1 Å². The zero-order valence-corrected chi connectivity index (χ0v) is 10.4. The van der Waals surface area contributed by atoms with Crippen LogP contribution in [0.25, 0.3) is 0 Å². The van der Waals surface area contributed by atoms with Gasteiger partial charge in [-0.25, -0.2) is 0 Å². The van der Waals surface area contributed by atoms with Crippen LogP contribution in [-0.2, 0) is 4.79 Å². The fourth-order valence-electron chi connectivity index (χ4n) is 1.51. The molecule has 0 saturated heterocycles. The lowest BCUT2D eigenvalue weighted by molar-refractivity contribution is -0.132. The molecule has 0 radical (unpaired) electrons. The first kappa shape index (κ1) is 14.2. The number of nitrogens with zero attached hydrogens (tertiary/aromatic N) is 1. The van der Waals surface area contributed by atoms with Gasteiger partial charge < -0.3 is 10.6 Å². The summed E-state index contributed by atoms with van der Waals surface area (Å²) in [5.74, 6) is 0.488. The van der Waals surface area contributed by atoms with Crippen molar-refractivity contribution in [3.8, 4) is 0 Å². The third-order valence-corrected chi connectivity index (χ3v) is 2.20. The molecule has 3 heteroatoms. The molecule has 0 aromatic rings. The van der Waals surface area contributed by atoms with Crippen LogP contribution in [0.3, 0.4) is 0 Å². The summed E-state index contributed by atoms with van der Waals surface area (Å²) in [6, 6.07) is -0.371. The van der Waals surface area contributed by atoms with Gasteiger partial charge in [0.15, 0.2) is 0 Å². The molecule has 3 nitrogen and oxygen atoms in total. The van der Waals surface area contributed by atoms with Gasteiger partial charge in [0.05, 0.1) is 6.04 Å². The van der Waals surface area contributed by atoms with Gasteiger partial charge in [-0.2, -0.15) is 0 Å². The van der Waals surface area contributed by atoms with Crippen LogP contribution in [0, 0.1) is 5.92 Å². The first-order chi connectivity index (χ1) is 6.88. The maximum Gasteiger partial charge on any atom is 0.239 e. The molecule has 0 heterocycles. The van der Waals surface area contributed by atoms with E-state index in [1.807, 2.05) is 13.8 Å². The Hall–Kier alpha value is -0.830. The van der Waals surface area contributed by atoms with E-state index in [2.05, 4.69) is 20.4 Å². The number of rotatable bonds is 6. The lowest BCUT2D eigenvalue weighted by Crippen LogP contribution is -2.44. The van der Waals surface area contributed by atoms with Crippen LogP contribution in [0.1, 0.15) is 34.1 Å². The van der Waals surface area contributed by atoms with E-state index in [0.29, 0.717) is 19.0 Å². The van der Waals surface area contributed by atoms with E-state index in [9.17, 15) is 4.79 Å². The van der Waals surface area contributed by atoms with Crippen molar-refractivity contribution in [2.24, 2.45) is 11.7 Å². The van der Waals surface area contributed by atoms with Crippen molar-refractivity contribution in [1.82, 2.24) is 4.90 Å². The Morgan fingerprint density at radius 2 is 2.00 bits per heavy atom. The van der Waals surface area contributed by atoms with Gasteiger partial charge in [-0.3, -0.25) is 4.79 Å². The van der Waals surface area contributed by atoms with Gasteiger partial charge in [-0.05, 0) is 26.2 Å². The first-order valence-electron chi connectivity index (χ1n) is 5.57. The minimum Gasteiger partial charge on any atom is -0.338 e. The SMILES string of the molecule is C=C(C)CN(CC)C(=O)C(N)CC(C)C. The number of amides is 1. The van der Waals surface area contributed by atoms with Crippen LogP contribution < -0.4 is 5.73 Å². The zero-order valence-electron chi connectivity index (χ0n) is 10.4. The minimum absolute atomic E-state index is 0.0363. The highest BCUT2D eigenvalue weighted by Gasteiger charge is 2.20. The Bertz CT molecular complexity index is 224. The Morgan fingerprint density at radius 1 is 1.47 bits per heavy atom. The monoisotopic (exact) mass is 212 g/mol. The van der Waals surface area contributed by atoms with E-state index < -0.39 is 0 Å². The fourth-order valence-corrected chi connectivity index (χ4v) is 1.51. The van der Waals surface area contributed by atoms with E-state index >= 15 is 0 Å². The molecular weight excluding hydrogens is 188 g/mol. The Balaban J connectivity index is 4.30. The highest BCUT2D eigenvalue weighted by atomic mass is 16.2. The summed E-state index contributed by atoms with van der Waals surface area (Å²) in [6.07, 6.45) is 0.742. The van der Waals surface area contributed by atoms with Gasteiger partial charge in [-0.1, -0.05) is 26.0 Å². The summed E-state index contributed by atoms with van der Waals surface area (Å²) in [5, 5.41) is 0. The molecule has 0 fully saturated rings. The topological polar surface area (TPSA) is 46.3 Å². The van der Waals surface area contributed by atoms with Crippen LogP contribution >= 0.6 is 0 Å². The molecule has 0 rings (SSSR count). The quantitative estimate of drug-likeness (QED) is 0.682. The van der Waals surface area contributed by atoms with Gasteiger partial charge in [0, 0.05) is 13.1 Å². The molecule has 0 aromatic carbocycles. The van der Waals surface area contributed by atoms with Gasteiger partial charge in [0.1, 0.15) is 0 Å². The molecule has 0 aliphatic rings. The van der Waals surface area contributed by atoms with Gasteiger partial charge in [0.2, 0.25) is 5.91 Å². The Kier molecular flexibility index (Phi) is 6.25. The van der Waals surface area contributed by atoms with Crippen LogP contribution in [-0.4, -0.2) is 29.9 Å². The molecule has 1 unspecified atom stereocenters. The highest BCUT2D eigenvalue weighted by molar-refractivity contribution is 5.81.